The van der Waals surface area contributed by atoms with E-state index in [1.165, 1.54) is 26.3 Å². The summed E-state index contributed by atoms with van der Waals surface area (Å²) in [5.41, 5.74) is 0.620. The molecule has 0 fully saturated rings. The van der Waals surface area contributed by atoms with E-state index in [1.807, 2.05) is 6.07 Å². The highest BCUT2D eigenvalue weighted by Gasteiger charge is 2.20. The number of rotatable bonds is 3. The minimum absolute atomic E-state index is 0.0317. The molecule has 0 aliphatic rings. The first kappa shape index (κ1) is 12.5. The first-order valence-electron chi connectivity index (χ1n) is 4.49. The molecular formula is C10H12N2O3S. The Bertz CT molecular complexity index is 544. The zero-order chi connectivity index (χ0) is 12.3. The van der Waals surface area contributed by atoms with E-state index in [-0.39, 0.29) is 10.5 Å². The maximum atomic E-state index is 11.6. The van der Waals surface area contributed by atoms with E-state index < -0.39 is 10.0 Å². The molecule has 0 aliphatic carbocycles. The Morgan fingerprint density at radius 2 is 2.06 bits per heavy atom. The Kier molecular flexibility index (Phi) is 3.52. The molecule has 0 saturated heterocycles. The van der Waals surface area contributed by atoms with Gasteiger partial charge in [0.05, 0.1) is 12.7 Å². The predicted octanol–water partition coefficient (Wildman–Crippen LogP) is 0.783. The molecule has 0 radical (unpaired) electrons. The first-order valence-corrected chi connectivity index (χ1v) is 5.97. The number of methoxy groups -OCH3 is 1. The number of nitrogens with zero attached hydrogens (tertiary/aromatic N) is 1. The monoisotopic (exact) mass is 240 g/mol. The summed E-state index contributed by atoms with van der Waals surface area (Å²) in [7, 11) is -0.847. The summed E-state index contributed by atoms with van der Waals surface area (Å²) in [6.45, 7) is 1.64. The van der Waals surface area contributed by atoms with Crippen LogP contribution in [-0.4, -0.2) is 22.6 Å². The van der Waals surface area contributed by atoms with Gasteiger partial charge >= 0.3 is 0 Å². The molecule has 1 N–H and O–H groups in total. The number of sulfonamides is 1. The molecule has 6 heteroatoms. The van der Waals surface area contributed by atoms with Gasteiger partial charge in [0.25, 0.3) is 0 Å². The number of hydrogen-bond acceptors (Lipinski definition) is 4. The molecule has 1 aromatic carbocycles. The van der Waals surface area contributed by atoms with Crippen LogP contribution in [0.1, 0.15) is 11.1 Å². The average Bonchev–Trinajstić information content (AvgIpc) is 2.28. The van der Waals surface area contributed by atoms with E-state index in [9.17, 15) is 8.42 Å². The maximum Gasteiger partial charge on any atom is 0.241 e. The highest BCUT2D eigenvalue weighted by Crippen LogP contribution is 2.26. The van der Waals surface area contributed by atoms with Crippen LogP contribution in [0.15, 0.2) is 17.0 Å². The summed E-state index contributed by atoms with van der Waals surface area (Å²) in [4.78, 5) is -0.0317. The van der Waals surface area contributed by atoms with Crippen molar-refractivity contribution < 1.29 is 13.2 Å². The van der Waals surface area contributed by atoms with Crippen molar-refractivity contribution in [2.24, 2.45) is 0 Å². The van der Waals surface area contributed by atoms with E-state index in [0.29, 0.717) is 11.3 Å². The summed E-state index contributed by atoms with van der Waals surface area (Å²) < 4.78 is 30.5. The number of nitrogens with one attached hydrogen (secondary N) is 1. The molecule has 0 aliphatic heterocycles. The SMILES string of the molecule is CNS(=O)(=O)c1ccc(OC)c(C)c1C#N. The van der Waals surface area contributed by atoms with Crippen molar-refractivity contribution in [3.8, 4) is 11.8 Å². The lowest BCUT2D eigenvalue weighted by atomic mass is 10.1. The molecule has 0 spiro atoms. The number of ether oxygens (including phenoxy) is 1. The van der Waals surface area contributed by atoms with Crippen LogP contribution in [0.2, 0.25) is 0 Å². The van der Waals surface area contributed by atoms with Gasteiger partial charge in [0, 0.05) is 5.56 Å². The summed E-state index contributed by atoms with van der Waals surface area (Å²) in [5, 5.41) is 8.98. The van der Waals surface area contributed by atoms with Gasteiger partial charge in [-0.1, -0.05) is 0 Å². The largest absolute Gasteiger partial charge is 0.496 e. The Hall–Kier alpha value is -1.58. The van der Waals surface area contributed by atoms with Gasteiger partial charge in [0.2, 0.25) is 10.0 Å². The van der Waals surface area contributed by atoms with Crippen LogP contribution < -0.4 is 9.46 Å². The smallest absolute Gasteiger partial charge is 0.241 e. The van der Waals surface area contributed by atoms with Crippen LogP contribution in [0.3, 0.4) is 0 Å². The molecule has 0 amide bonds. The lowest BCUT2D eigenvalue weighted by Gasteiger charge is -2.10. The molecule has 0 atom stereocenters. The van der Waals surface area contributed by atoms with Gasteiger partial charge in [0.1, 0.15) is 16.7 Å². The fourth-order valence-electron chi connectivity index (χ4n) is 1.36. The van der Waals surface area contributed by atoms with Gasteiger partial charge in [-0.15, -0.1) is 0 Å². The topological polar surface area (TPSA) is 79.2 Å². The van der Waals surface area contributed by atoms with Crippen molar-refractivity contribution in [1.29, 1.82) is 5.26 Å². The Labute approximate surface area is 94.7 Å². The van der Waals surface area contributed by atoms with Crippen LogP contribution in [0.5, 0.6) is 5.75 Å². The number of nitriles is 1. The van der Waals surface area contributed by atoms with E-state index >= 15 is 0 Å². The molecule has 1 aromatic rings. The fourth-order valence-corrected chi connectivity index (χ4v) is 2.30. The minimum Gasteiger partial charge on any atom is -0.496 e. The molecule has 16 heavy (non-hydrogen) atoms. The normalized spacial score (nSPS) is 10.9. The van der Waals surface area contributed by atoms with Crippen LogP contribution in [0, 0.1) is 18.3 Å². The Balaban J connectivity index is 3.58. The standard InChI is InChI=1S/C10H12N2O3S/c1-7-8(6-11)10(16(13,14)12-2)5-4-9(7)15-3/h4-5,12H,1-3H3. The van der Waals surface area contributed by atoms with Crippen molar-refractivity contribution >= 4 is 10.0 Å². The maximum absolute atomic E-state index is 11.6. The van der Waals surface area contributed by atoms with E-state index in [0.717, 1.165) is 0 Å². The van der Waals surface area contributed by atoms with Gasteiger partial charge in [-0.25, -0.2) is 13.1 Å². The third-order valence-electron chi connectivity index (χ3n) is 2.27. The summed E-state index contributed by atoms with van der Waals surface area (Å²) in [5.74, 6) is 0.492. The fraction of sp³-hybridized carbons (Fsp3) is 0.300. The van der Waals surface area contributed by atoms with E-state index in [4.69, 9.17) is 10.00 Å². The predicted molar refractivity (Wildman–Crippen MR) is 58.7 cm³/mol. The third kappa shape index (κ3) is 2.01. The average molecular weight is 240 g/mol. The van der Waals surface area contributed by atoms with Crippen molar-refractivity contribution in [1.82, 2.24) is 4.72 Å². The zero-order valence-electron chi connectivity index (χ0n) is 9.23. The van der Waals surface area contributed by atoms with Gasteiger partial charge in [-0.3, -0.25) is 0 Å². The van der Waals surface area contributed by atoms with Crippen molar-refractivity contribution in [2.75, 3.05) is 14.2 Å². The molecular weight excluding hydrogens is 228 g/mol. The molecule has 0 unspecified atom stereocenters. The quantitative estimate of drug-likeness (QED) is 0.846. The lowest BCUT2D eigenvalue weighted by molar-refractivity contribution is 0.411. The second-order valence-electron chi connectivity index (χ2n) is 3.09. The summed E-state index contributed by atoms with van der Waals surface area (Å²) in [6.07, 6.45) is 0. The summed E-state index contributed by atoms with van der Waals surface area (Å²) >= 11 is 0. The molecule has 0 aromatic heterocycles. The molecule has 86 valence electrons. The second-order valence-corrected chi connectivity index (χ2v) is 4.94. The third-order valence-corrected chi connectivity index (χ3v) is 3.72. The van der Waals surface area contributed by atoms with Gasteiger partial charge in [-0.2, -0.15) is 5.26 Å². The van der Waals surface area contributed by atoms with Gasteiger partial charge < -0.3 is 4.74 Å². The van der Waals surface area contributed by atoms with Crippen LogP contribution in [0.25, 0.3) is 0 Å². The van der Waals surface area contributed by atoms with Crippen LogP contribution in [-0.2, 0) is 10.0 Å². The van der Waals surface area contributed by atoms with Crippen molar-refractivity contribution in [3.05, 3.63) is 23.3 Å². The van der Waals surface area contributed by atoms with E-state index in [2.05, 4.69) is 4.72 Å². The van der Waals surface area contributed by atoms with Crippen molar-refractivity contribution in [2.45, 2.75) is 11.8 Å². The molecule has 5 nitrogen and oxygen atoms in total. The molecule has 1 rings (SSSR count). The highest BCUT2D eigenvalue weighted by molar-refractivity contribution is 7.89. The minimum atomic E-state index is -3.62. The van der Waals surface area contributed by atoms with E-state index in [1.54, 1.807) is 6.92 Å². The Morgan fingerprint density at radius 1 is 1.44 bits per heavy atom. The zero-order valence-corrected chi connectivity index (χ0v) is 10.1. The van der Waals surface area contributed by atoms with Gasteiger partial charge in [0.15, 0.2) is 0 Å². The number of benzene rings is 1. The van der Waals surface area contributed by atoms with Crippen LogP contribution in [0.4, 0.5) is 0 Å². The highest BCUT2D eigenvalue weighted by atomic mass is 32.2. The lowest BCUT2D eigenvalue weighted by Crippen LogP contribution is -2.20. The number of hydrogen-bond donors (Lipinski definition) is 1. The van der Waals surface area contributed by atoms with Gasteiger partial charge in [-0.05, 0) is 26.1 Å². The Morgan fingerprint density at radius 3 is 2.50 bits per heavy atom. The van der Waals surface area contributed by atoms with Crippen molar-refractivity contribution in [3.63, 3.8) is 0 Å². The first-order chi connectivity index (χ1) is 7.47. The second kappa shape index (κ2) is 4.51. The molecule has 0 bridgehead atoms. The summed E-state index contributed by atoms with van der Waals surface area (Å²) in [6, 6.07) is 4.77. The van der Waals surface area contributed by atoms with Crippen LogP contribution >= 0.6 is 0 Å². The molecule has 0 heterocycles. The molecule has 0 saturated carbocycles.